The minimum atomic E-state index is 0.723. The third-order valence-corrected chi connectivity index (χ3v) is 3.12. The first-order chi connectivity index (χ1) is 6.09. The van der Waals surface area contributed by atoms with Crippen molar-refractivity contribution in [3.63, 3.8) is 0 Å². The Morgan fingerprint density at radius 3 is 2.69 bits per heavy atom. The van der Waals surface area contributed by atoms with Gasteiger partial charge in [-0.05, 0) is 31.6 Å². The highest BCUT2D eigenvalue weighted by atomic mass is 14.9. The summed E-state index contributed by atoms with van der Waals surface area (Å²) < 4.78 is 0. The van der Waals surface area contributed by atoms with E-state index in [9.17, 15) is 0 Å². The average Bonchev–Trinajstić information content (AvgIpc) is 2.06. The Morgan fingerprint density at radius 2 is 2.08 bits per heavy atom. The van der Waals surface area contributed by atoms with Crippen LogP contribution >= 0.6 is 0 Å². The molecule has 3 atom stereocenters. The highest BCUT2D eigenvalue weighted by molar-refractivity contribution is 4.93. The number of hydrogen-bond acceptors (Lipinski definition) is 1. The zero-order chi connectivity index (χ0) is 9.84. The van der Waals surface area contributed by atoms with Crippen molar-refractivity contribution in [3.05, 3.63) is 12.2 Å². The highest BCUT2D eigenvalue weighted by Crippen LogP contribution is 2.28. The highest BCUT2D eigenvalue weighted by Gasteiger charge is 2.24. The van der Waals surface area contributed by atoms with Crippen LogP contribution in [0.25, 0.3) is 0 Å². The molecule has 0 aromatic rings. The molecular formula is C12H23N. The zero-order valence-electron chi connectivity index (χ0n) is 9.27. The standard InChI is InChI=1S/C12H23N/c1-9(2)8-13-12-7-10(3)5-6-11(12)4/h10-13H,1,5-8H2,2-4H3. The van der Waals surface area contributed by atoms with Crippen LogP contribution in [0.1, 0.15) is 40.0 Å². The van der Waals surface area contributed by atoms with E-state index in [0.29, 0.717) is 0 Å². The van der Waals surface area contributed by atoms with Crippen LogP contribution in [-0.2, 0) is 0 Å². The molecule has 13 heavy (non-hydrogen) atoms. The summed E-state index contributed by atoms with van der Waals surface area (Å²) in [6.07, 6.45) is 4.13. The molecule has 0 aromatic carbocycles. The molecule has 1 N–H and O–H groups in total. The Morgan fingerprint density at radius 1 is 1.38 bits per heavy atom. The maximum atomic E-state index is 3.92. The van der Waals surface area contributed by atoms with Gasteiger partial charge in [0.25, 0.3) is 0 Å². The topological polar surface area (TPSA) is 12.0 Å². The lowest BCUT2D eigenvalue weighted by Crippen LogP contribution is -2.40. The van der Waals surface area contributed by atoms with Gasteiger partial charge in [0.1, 0.15) is 0 Å². The lowest BCUT2D eigenvalue weighted by Gasteiger charge is -2.33. The van der Waals surface area contributed by atoms with Crippen LogP contribution < -0.4 is 5.32 Å². The van der Waals surface area contributed by atoms with Crippen molar-refractivity contribution in [1.82, 2.24) is 5.32 Å². The molecule has 1 aliphatic carbocycles. The monoisotopic (exact) mass is 181 g/mol. The van der Waals surface area contributed by atoms with Crippen LogP contribution in [0.5, 0.6) is 0 Å². The number of hydrogen-bond donors (Lipinski definition) is 1. The molecule has 1 fully saturated rings. The summed E-state index contributed by atoms with van der Waals surface area (Å²) in [5, 5.41) is 3.60. The van der Waals surface area contributed by atoms with Crippen LogP contribution in [0.15, 0.2) is 12.2 Å². The fourth-order valence-electron chi connectivity index (χ4n) is 2.12. The van der Waals surface area contributed by atoms with Crippen LogP contribution in [-0.4, -0.2) is 12.6 Å². The first-order valence-corrected chi connectivity index (χ1v) is 5.47. The number of rotatable bonds is 3. The molecule has 0 aromatic heterocycles. The molecule has 1 nitrogen and oxygen atoms in total. The van der Waals surface area contributed by atoms with Crippen molar-refractivity contribution < 1.29 is 0 Å². The molecule has 0 saturated heterocycles. The number of nitrogens with one attached hydrogen (secondary N) is 1. The van der Waals surface area contributed by atoms with Crippen molar-refractivity contribution in [2.75, 3.05) is 6.54 Å². The van der Waals surface area contributed by atoms with Gasteiger partial charge in [-0.3, -0.25) is 0 Å². The van der Waals surface area contributed by atoms with E-state index in [1.165, 1.54) is 24.8 Å². The van der Waals surface area contributed by atoms with Crippen molar-refractivity contribution in [2.24, 2.45) is 11.8 Å². The fourth-order valence-corrected chi connectivity index (χ4v) is 2.12. The Labute approximate surface area is 82.6 Å². The fraction of sp³-hybridized carbons (Fsp3) is 0.833. The van der Waals surface area contributed by atoms with Gasteiger partial charge >= 0.3 is 0 Å². The largest absolute Gasteiger partial charge is 0.310 e. The molecule has 76 valence electrons. The second kappa shape index (κ2) is 4.80. The summed E-state index contributed by atoms with van der Waals surface area (Å²) in [5.41, 5.74) is 1.24. The SMILES string of the molecule is C=C(C)CNC1CC(C)CCC1C. The lowest BCUT2D eigenvalue weighted by molar-refractivity contribution is 0.233. The first kappa shape index (κ1) is 10.8. The minimum absolute atomic E-state index is 0.723. The van der Waals surface area contributed by atoms with Crippen molar-refractivity contribution in [1.29, 1.82) is 0 Å². The Bertz CT molecular complexity index is 174. The second-order valence-electron chi connectivity index (χ2n) is 4.84. The van der Waals surface area contributed by atoms with Gasteiger partial charge in [-0.2, -0.15) is 0 Å². The van der Waals surface area contributed by atoms with Crippen molar-refractivity contribution >= 4 is 0 Å². The summed E-state index contributed by atoms with van der Waals surface area (Å²) in [7, 11) is 0. The molecule has 0 spiro atoms. The first-order valence-electron chi connectivity index (χ1n) is 5.47. The van der Waals surface area contributed by atoms with E-state index in [1.807, 2.05) is 0 Å². The van der Waals surface area contributed by atoms with E-state index >= 15 is 0 Å². The van der Waals surface area contributed by atoms with E-state index in [-0.39, 0.29) is 0 Å². The lowest BCUT2D eigenvalue weighted by atomic mass is 9.80. The Balaban J connectivity index is 2.33. The molecule has 3 unspecified atom stereocenters. The van der Waals surface area contributed by atoms with Crippen LogP contribution in [0.3, 0.4) is 0 Å². The normalized spacial score (nSPS) is 34.5. The minimum Gasteiger partial charge on any atom is -0.310 e. The maximum Gasteiger partial charge on any atom is 0.0161 e. The van der Waals surface area contributed by atoms with Gasteiger partial charge in [0, 0.05) is 12.6 Å². The zero-order valence-corrected chi connectivity index (χ0v) is 9.27. The van der Waals surface area contributed by atoms with Crippen molar-refractivity contribution in [2.45, 2.75) is 46.1 Å². The van der Waals surface area contributed by atoms with Gasteiger partial charge in [-0.25, -0.2) is 0 Å². The van der Waals surface area contributed by atoms with Crippen molar-refractivity contribution in [3.8, 4) is 0 Å². The predicted molar refractivity (Wildman–Crippen MR) is 58.8 cm³/mol. The van der Waals surface area contributed by atoms with Crippen LogP contribution in [0, 0.1) is 11.8 Å². The molecular weight excluding hydrogens is 158 g/mol. The smallest absolute Gasteiger partial charge is 0.0161 e. The molecule has 0 bridgehead atoms. The van der Waals surface area contributed by atoms with Crippen LogP contribution in [0.2, 0.25) is 0 Å². The summed E-state index contributed by atoms with van der Waals surface area (Å²) in [4.78, 5) is 0. The van der Waals surface area contributed by atoms with Gasteiger partial charge in [0.05, 0.1) is 0 Å². The quantitative estimate of drug-likeness (QED) is 0.660. The van der Waals surface area contributed by atoms with Gasteiger partial charge in [0.15, 0.2) is 0 Å². The second-order valence-corrected chi connectivity index (χ2v) is 4.84. The molecule has 0 amide bonds. The molecule has 1 heteroatoms. The van der Waals surface area contributed by atoms with E-state index in [1.54, 1.807) is 0 Å². The summed E-state index contributed by atoms with van der Waals surface area (Å²) in [5.74, 6) is 1.74. The molecule has 1 aliphatic rings. The van der Waals surface area contributed by atoms with E-state index < -0.39 is 0 Å². The van der Waals surface area contributed by atoms with Gasteiger partial charge in [0.2, 0.25) is 0 Å². The molecule has 0 heterocycles. The molecule has 0 radical (unpaired) electrons. The van der Waals surface area contributed by atoms with E-state index in [2.05, 4.69) is 32.7 Å². The third kappa shape index (κ3) is 3.51. The third-order valence-electron chi connectivity index (χ3n) is 3.12. The predicted octanol–water partition coefficient (Wildman–Crippen LogP) is 2.98. The van der Waals surface area contributed by atoms with Gasteiger partial charge in [-0.1, -0.05) is 32.4 Å². The van der Waals surface area contributed by atoms with E-state index in [4.69, 9.17) is 0 Å². The molecule has 1 saturated carbocycles. The Kier molecular flexibility index (Phi) is 3.98. The molecule has 0 aliphatic heterocycles. The molecule has 1 rings (SSSR count). The van der Waals surface area contributed by atoms with Gasteiger partial charge < -0.3 is 5.32 Å². The summed E-state index contributed by atoms with van der Waals surface area (Å²) >= 11 is 0. The summed E-state index contributed by atoms with van der Waals surface area (Å²) in [6.45, 7) is 11.7. The average molecular weight is 181 g/mol. The Hall–Kier alpha value is -0.300. The maximum absolute atomic E-state index is 3.92. The van der Waals surface area contributed by atoms with E-state index in [0.717, 1.165) is 24.4 Å². The van der Waals surface area contributed by atoms with Gasteiger partial charge in [-0.15, -0.1) is 0 Å². The van der Waals surface area contributed by atoms with Crippen LogP contribution in [0.4, 0.5) is 0 Å². The summed E-state index contributed by atoms with van der Waals surface area (Å²) in [6, 6.07) is 0.723.